The van der Waals surface area contributed by atoms with E-state index in [4.69, 9.17) is 0 Å². The van der Waals surface area contributed by atoms with Crippen molar-refractivity contribution >= 4 is 31.6 Å². The summed E-state index contributed by atoms with van der Waals surface area (Å²) in [5.74, 6) is -0.534. The van der Waals surface area contributed by atoms with E-state index in [1.807, 2.05) is 0 Å². The minimum absolute atomic E-state index is 0.110. The van der Waals surface area contributed by atoms with Crippen molar-refractivity contribution in [3.63, 3.8) is 0 Å². The van der Waals surface area contributed by atoms with Gasteiger partial charge in [0.2, 0.25) is 19.9 Å². The van der Waals surface area contributed by atoms with E-state index < -0.39 is 47.4 Å². The second kappa shape index (κ2) is 12.6. The van der Waals surface area contributed by atoms with E-state index >= 15 is 0 Å². The summed E-state index contributed by atoms with van der Waals surface area (Å²) in [4.78, 5) is 25.2. The van der Waals surface area contributed by atoms with Crippen molar-refractivity contribution in [3.05, 3.63) is 125 Å². The predicted molar refractivity (Wildman–Crippen MR) is 159 cm³/mol. The number of amides is 1. The van der Waals surface area contributed by atoms with Crippen LogP contribution in [0.2, 0.25) is 0 Å². The van der Waals surface area contributed by atoms with E-state index in [1.54, 1.807) is 48.5 Å². The standard InChI is InChI=1S/C32H27F3N2O6S2/c33-32(34,35)28-16-15-27(44(40,41)26-9-5-2-6-10-26)21-29(28)45(42,43)36-25-17-19-37(20-18-25)31(39)24-13-11-23(12-14-24)30(38)22-7-3-1-4-8-22/h1-16,21,25,36H,17-20H2. The van der Waals surface area contributed by atoms with Crippen LogP contribution in [0.3, 0.4) is 0 Å². The van der Waals surface area contributed by atoms with Crippen LogP contribution in [0.15, 0.2) is 118 Å². The molecule has 13 heteroatoms. The van der Waals surface area contributed by atoms with E-state index in [-0.39, 0.29) is 42.5 Å². The van der Waals surface area contributed by atoms with E-state index in [2.05, 4.69) is 4.72 Å². The summed E-state index contributed by atoms with van der Waals surface area (Å²) >= 11 is 0. The number of piperidine rings is 1. The molecule has 5 rings (SSSR count). The Hall–Kier alpha value is -4.33. The van der Waals surface area contributed by atoms with Crippen LogP contribution in [-0.4, -0.2) is 52.6 Å². The number of halogens is 3. The van der Waals surface area contributed by atoms with Gasteiger partial charge >= 0.3 is 6.18 Å². The van der Waals surface area contributed by atoms with Crippen LogP contribution < -0.4 is 4.72 Å². The maximum Gasteiger partial charge on any atom is 0.417 e. The molecule has 0 aromatic heterocycles. The van der Waals surface area contributed by atoms with Crippen molar-refractivity contribution < 1.29 is 39.6 Å². The Bertz CT molecular complexity index is 1920. The zero-order valence-corrected chi connectivity index (χ0v) is 25.2. The first kappa shape index (κ1) is 32.1. The molecule has 4 aromatic carbocycles. The molecule has 1 heterocycles. The zero-order valence-electron chi connectivity index (χ0n) is 23.6. The Kier molecular flexibility index (Phi) is 8.97. The molecule has 0 saturated carbocycles. The third-order valence-corrected chi connectivity index (χ3v) is 10.8. The molecule has 45 heavy (non-hydrogen) atoms. The molecule has 0 aliphatic carbocycles. The van der Waals surface area contributed by atoms with Crippen LogP contribution in [-0.2, 0) is 26.0 Å². The number of benzene rings is 4. The maximum absolute atomic E-state index is 13.9. The highest BCUT2D eigenvalue weighted by atomic mass is 32.2. The number of carbonyl (C=O) groups is 2. The lowest BCUT2D eigenvalue weighted by molar-refractivity contribution is -0.140. The second-order valence-corrected chi connectivity index (χ2v) is 14.1. The molecule has 234 valence electrons. The van der Waals surface area contributed by atoms with Crippen molar-refractivity contribution in [3.8, 4) is 0 Å². The van der Waals surface area contributed by atoms with Gasteiger partial charge in [0, 0.05) is 35.8 Å². The topological polar surface area (TPSA) is 118 Å². The van der Waals surface area contributed by atoms with E-state index in [0.29, 0.717) is 28.8 Å². The number of sulfonamides is 1. The van der Waals surface area contributed by atoms with Gasteiger partial charge in [-0.3, -0.25) is 9.59 Å². The van der Waals surface area contributed by atoms with Gasteiger partial charge < -0.3 is 4.90 Å². The first-order valence-corrected chi connectivity index (χ1v) is 16.8. The van der Waals surface area contributed by atoms with Gasteiger partial charge in [0.05, 0.1) is 20.2 Å². The lowest BCUT2D eigenvalue weighted by Gasteiger charge is -2.32. The van der Waals surface area contributed by atoms with Gasteiger partial charge in [0.1, 0.15) is 0 Å². The minimum atomic E-state index is -5.07. The molecular formula is C32H27F3N2O6S2. The first-order chi connectivity index (χ1) is 21.3. The Labute approximate surface area is 258 Å². The van der Waals surface area contributed by atoms with Gasteiger partial charge in [-0.1, -0.05) is 60.7 Å². The van der Waals surface area contributed by atoms with Gasteiger partial charge in [0.25, 0.3) is 5.91 Å². The molecule has 1 aliphatic heterocycles. The third-order valence-electron chi connectivity index (χ3n) is 7.45. The second-order valence-electron chi connectivity index (χ2n) is 10.4. The Morgan fingerprint density at radius 3 is 1.80 bits per heavy atom. The number of hydrogen-bond acceptors (Lipinski definition) is 6. The monoisotopic (exact) mass is 656 g/mol. The molecule has 0 bridgehead atoms. The van der Waals surface area contributed by atoms with Gasteiger partial charge in [-0.15, -0.1) is 0 Å². The molecule has 4 aromatic rings. The summed E-state index contributed by atoms with van der Waals surface area (Å²) in [6, 6.07) is 22.7. The summed E-state index contributed by atoms with van der Waals surface area (Å²) in [7, 11) is -9.14. The van der Waals surface area contributed by atoms with Crippen LogP contribution in [0.5, 0.6) is 0 Å². The van der Waals surface area contributed by atoms with E-state index in [9.17, 15) is 39.6 Å². The number of carbonyl (C=O) groups excluding carboxylic acids is 2. The molecule has 1 saturated heterocycles. The minimum Gasteiger partial charge on any atom is -0.339 e. The van der Waals surface area contributed by atoms with Crippen LogP contribution >= 0.6 is 0 Å². The van der Waals surface area contributed by atoms with Gasteiger partial charge in [-0.2, -0.15) is 13.2 Å². The van der Waals surface area contributed by atoms with Crippen molar-refractivity contribution in [2.24, 2.45) is 0 Å². The first-order valence-electron chi connectivity index (χ1n) is 13.8. The average Bonchev–Trinajstić information content (AvgIpc) is 3.04. The van der Waals surface area contributed by atoms with Crippen LogP contribution in [0, 0.1) is 0 Å². The largest absolute Gasteiger partial charge is 0.417 e. The molecule has 1 N–H and O–H groups in total. The van der Waals surface area contributed by atoms with Crippen LogP contribution in [0.4, 0.5) is 13.2 Å². The van der Waals surface area contributed by atoms with Crippen LogP contribution in [0.25, 0.3) is 0 Å². The molecule has 0 atom stereocenters. The van der Waals surface area contributed by atoms with Gasteiger partial charge in [0.15, 0.2) is 5.78 Å². The fourth-order valence-corrected chi connectivity index (χ4v) is 7.99. The zero-order chi connectivity index (χ0) is 32.4. The Balaban J connectivity index is 1.29. The smallest absolute Gasteiger partial charge is 0.339 e. The van der Waals surface area contributed by atoms with E-state index in [1.165, 1.54) is 41.3 Å². The number of ketones is 1. The molecule has 0 radical (unpaired) electrons. The van der Waals surface area contributed by atoms with Crippen molar-refractivity contribution in [1.82, 2.24) is 9.62 Å². The number of sulfone groups is 1. The number of nitrogens with zero attached hydrogens (tertiary/aromatic N) is 1. The highest BCUT2D eigenvalue weighted by molar-refractivity contribution is 7.91. The van der Waals surface area contributed by atoms with Gasteiger partial charge in [-0.25, -0.2) is 21.6 Å². The maximum atomic E-state index is 13.9. The SMILES string of the molecule is O=C(c1ccccc1)c1ccc(C(=O)N2CCC(NS(=O)(=O)c3cc(S(=O)(=O)c4ccccc4)ccc3C(F)(F)F)CC2)cc1. The number of hydrogen-bond donors (Lipinski definition) is 1. The molecule has 0 spiro atoms. The highest BCUT2D eigenvalue weighted by Gasteiger charge is 2.39. The number of likely N-dealkylation sites (tertiary alicyclic amines) is 1. The van der Waals surface area contributed by atoms with Crippen LogP contribution in [0.1, 0.15) is 44.7 Å². The lowest BCUT2D eigenvalue weighted by atomic mass is 10.0. The quantitative estimate of drug-likeness (QED) is 0.256. The number of nitrogens with one attached hydrogen (secondary N) is 1. The van der Waals surface area contributed by atoms with Crippen molar-refractivity contribution in [2.45, 2.75) is 39.7 Å². The molecule has 1 aliphatic rings. The number of alkyl halides is 3. The van der Waals surface area contributed by atoms with Crippen molar-refractivity contribution in [1.29, 1.82) is 0 Å². The Morgan fingerprint density at radius 1 is 0.689 bits per heavy atom. The molecule has 0 unspecified atom stereocenters. The predicted octanol–water partition coefficient (Wildman–Crippen LogP) is 5.35. The molecule has 8 nitrogen and oxygen atoms in total. The molecule has 1 fully saturated rings. The highest BCUT2D eigenvalue weighted by Crippen LogP contribution is 2.36. The molecular weight excluding hydrogens is 629 g/mol. The normalized spacial score (nSPS) is 14.7. The Morgan fingerprint density at radius 2 is 1.22 bits per heavy atom. The molecule has 1 amide bonds. The fraction of sp³-hybridized carbons (Fsp3) is 0.188. The summed E-state index contributed by atoms with van der Waals surface area (Å²) in [5, 5.41) is 0. The summed E-state index contributed by atoms with van der Waals surface area (Å²) < 4.78 is 96.5. The van der Waals surface area contributed by atoms with Gasteiger partial charge in [-0.05, 0) is 55.3 Å². The van der Waals surface area contributed by atoms with Crippen molar-refractivity contribution in [2.75, 3.05) is 13.1 Å². The third kappa shape index (κ3) is 7.00. The average molecular weight is 657 g/mol. The summed E-state index contributed by atoms with van der Waals surface area (Å²) in [6.07, 6.45) is -4.85. The number of rotatable bonds is 8. The summed E-state index contributed by atoms with van der Waals surface area (Å²) in [6.45, 7) is 0.233. The fourth-order valence-electron chi connectivity index (χ4n) is 5.05. The van der Waals surface area contributed by atoms with E-state index in [0.717, 1.165) is 6.07 Å². The summed E-state index contributed by atoms with van der Waals surface area (Å²) in [5.41, 5.74) is -0.258. The lowest BCUT2D eigenvalue weighted by Crippen LogP contribution is -2.46.